The van der Waals surface area contributed by atoms with E-state index in [4.69, 9.17) is 14.6 Å². The molecular formula is C26H39N3O5. The van der Waals surface area contributed by atoms with Crippen molar-refractivity contribution in [2.24, 2.45) is 11.8 Å². The molecule has 1 fully saturated rings. The zero-order chi connectivity index (χ0) is 24.7. The second-order valence-electron chi connectivity index (χ2n) is 10.4. The number of likely N-dealkylation sites (tertiary alicyclic amines) is 1. The van der Waals surface area contributed by atoms with E-state index in [1.807, 2.05) is 32.9 Å². The van der Waals surface area contributed by atoms with Gasteiger partial charge in [-0.25, -0.2) is 4.79 Å². The number of hydrogen-bond acceptors (Lipinski definition) is 6. The van der Waals surface area contributed by atoms with Gasteiger partial charge in [0.2, 0.25) is 5.91 Å². The van der Waals surface area contributed by atoms with Gasteiger partial charge in [0.1, 0.15) is 11.4 Å². The summed E-state index contributed by atoms with van der Waals surface area (Å²) in [6.45, 7) is 9.36. The van der Waals surface area contributed by atoms with Crippen LogP contribution < -0.4 is 10.1 Å². The number of pyridine rings is 1. The highest BCUT2D eigenvalue weighted by molar-refractivity contribution is 5.80. The van der Waals surface area contributed by atoms with Gasteiger partial charge in [0.15, 0.2) is 0 Å². The summed E-state index contributed by atoms with van der Waals surface area (Å²) in [6, 6.07) is 3.70. The van der Waals surface area contributed by atoms with E-state index in [0.29, 0.717) is 32.0 Å². The molecule has 34 heavy (non-hydrogen) atoms. The highest BCUT2D eigenvalue weighted by atomic mass is 16.6. The summed E-state index contributed by atoms with van der Waals surface area (Å²) < 4.78 is 11.4. The van der Waals surface area contributed by atoms with Crippen LogP contribution in [-0.4, -0.2) is 64.9 Å². The lowest BCUT2D eigenvalue weighted by molar-refractivity contribution is -0.126. The normalized spacial score (nSPS) is 20.3. The van der Waals surface area contributed by atoms with Crippen molar-refractivity contribution in [3.05, 3.63) is 30.1 Å². The Hall–Kier alpha value is -2.61. The molecule has 0 saturated carbocycles. The maximum atomic E-state index is 12.3. The largest absolute Gasteiger partial charge is 0.492 e. The zero-order valence-electron chi connectivity index (χ0n) is 20.9. The quantitative estimate of drug-likeness (QED) is 0.625. The Balaban J connectivity index is 1.42. The molecule has 2 N–H and O–H groups in total. The van der Waals surface area contributed by atoms with Crippen LogP contribution in [0, 0.1) is 11.8 Å². The number of allylic oxidation sites excluding steroid dienone is 2. The molecule has 1 aromatic rings. The van der Waals surface area contributed by atoms with Crippen molar-refractivity contribution in [3.8, 4) is 5.75 Å². The van der Waals surface area contributed by atoms with E-state index < -0.39 is 5.60 Å². The van der Waals surface area contributed by atoms with Crippen LogP contribution in [-0.2, 0) is 9.53 Å². The third-order valence-electron chi connectivity index (χ3n) is 6.26. The second-order valence-corrected chi connectivity index (χ2v) is 10.4. The van der Waals surface area contributed by atoms with Crippen molar-refractivity contribution in [3.63, 3.8) is 0 Å². The molecule has 0 aromatic carbocycles. The zero-order valence-corrected chi connectivity index (χ0v) is 20.9. The number of nitrogens with one attached hydrogen (secondary N) is 1. The maximum Gasteiger partial charge on any atom is 0.410 e. The smallest absolute Gasteiger partial charge is 0.410 e. The Kier molecular flexibility index (Phi) is 8.94. The van der Waals surface area contributed by atoms with Gasteiger partial charge in [0.25, 0.3) is 0 Å². The van der Waals surface area contributed by atoms with Crippen LogP contribution in [0.3, 0.4) is 0 Å². The fraction of sp³-hybridized carbons (Fsp3) is 0.654. The first kappa shape index (κ1) is 26.0. The number of aliphatic hydroxyl groups excluding tert-OH is 1. The van der Waals surface area contributed by atoms with E-state index >= 15 is 0 Å². The average Bonchev–Trinajstić information content (AvgIpc) is 2.82. The Morgan fingerprint density at radius 1 is 1.24 bits per heavy atom. The summed E-state index contributed by atoms with van der Waals surface area (Å²) in [5.41, 5.74) is 1.60. The minimum Gasteiger partial charge on any atom is -0.492 e. The molecule has 2 amide bonds. The van der Waals surface area contributed by atoms with Gasteiger partial charge in [-0.3, -0.25) is 9.78 Å². The van der Waals surface area contributed by atoms with E-state index in [-0.39, 0.29) is 30.6 Å². The van der Waals surface area contributed by atoms with Gasteiger partial charge >= 0.3 is 6.09 Å². The van der Waals surface area contributed by atoms with E-state index in [1.165, 1.54) is 0 Å². The van der Waals surface area contributed by atoms with Crippen LogP contribution in [0.5, 0.6) is 5.75 Å². The first-order valence-electron chi connectivity index (χ1n) is 12.3. The van der Waals surface area contributed by atoms with Crippen LogP contribution in [0.4, 0.5) is 4.79 Å². The van der Waals surface area contributed by atoms with Crippen LogP contribution in [0.2, 0.25) is 0 Å². The van der Waals surface area contributed by atoms with Gasteiger partial charge in [-0.15, -0.1) is 0 Å². The molecule has 1 saturated heterocycles. The van der Waals surface area contributed by atoms with E-state index in [0.717, 1.165) is 42.7 Å². The van der Waals surface area contributed by atoms with Crippen molar-refractivity contribution in [2.45, 2.75) is 71.4 Å². The van der Waals surface area contributed by atoms with E-state index in [9.17, 15) is 9.59 Å². The summed E-state index contributed by atoms with van der Waals surface area (Å²) in [4.78, 5) is 30.8. The number of rotatable bonds is 7. The number of aromatic nitrogens is 1. The first-order chi connectivity index (χ1) is 16.1. The standard InChI is InChI=1S/C26H39N3O5/c1-18(16-30)28-24(31)21-7-5-20(6-8-21)23-10-9-22(15-27-23)33-17-19-11-13-29(14-12-19)25(32)34-26(2,3)4/h5,9-10,15,18-19,21,30H,6-8,11-14,16-17H2,1-4H3,(H,28,31). The third kappa shape index (κ3) is 7.72. The number of nitrogens with zero attached hydrogens (tertiary/aromatic N) is 2. The van der Waals surface area contributed by atoms with Crippen LogP contribution in [0.1, 0.15) is 65.5 Å². The van der Waals surface area contributed by atoms with Gasteiger partial charge in [0, 0.05) is 25.0 Å². The predicted octanol–water partition coefficient (Wildman–Crippen LogP) is 3.79. The van der Waals surface area contributed by atoms with Crippen molar-refractivity contribution in [1.29, 1.82) is 0 Å². The number of piperidine rings is 1. The van der Waals surface area contributed by atoms with Crippen molar-refractivity contribution in [2.75, 3.05) is 26.3 Å². The van der Waals surface area contributed by atoms with E-state index in [2.05, 4.69) is 16.4 Å². The molecule has 1 aliphatic carbocycles. The summed E-state index contributed by atoms with van der Waals surface area (Å²) >= 11 is 0. The molecule has 1 aromatic heterocycles. The number of ether oxygens (including phenoxy) is 2. The molecule has 0 bridgehead atoms. The molecule has 2 unspecified atom stereocenters. The number of carbonyl (C=O) groups excluding carboxylic acids is 2. The molecule has 2 aliphatic rings. The SMILES string of the molecule is CC(CO)NC(=O)C1CC=C(c2ccc(OCC3CCN(C(=O)OC(C)(C)C)CC3)cn2)CC1. The first-order valence-corrected chi connectivity index (χ1v) is 12.3. The minimum atomic E-state index is -0.473. The fourth-order valence-electron chi connectivity index (χ4n) is 4.19. The van der Waals surface area contributed by atoms with E-state index in [1.54, 1.807) is 18.0 Å². The molecule has 8 heteroatoms. The topological polar surface area (TPSA) is 101 Å². The molecule has 2 heterocycles. The summed E-state index contributed by atoms with van der Waals surface area (Å²) in [5.74, 6) is 1.09. The molecule has 0 spiro atoms. The highest BCUT2D eigenvalue weighted by Crippen LogP contribution is 2.30. The highest BCUT2D eigenvalue weighted by Gasteiger charge is 2.27. The Morgan fingerprint density at radius 2 is 1.97 bits per heavy atom. The molecule has 2 atom stereocenters. The van der Waals surface area contributed by atoms with Gasteiger partial charge in [-0.2, -0.15) is 0 Å². The van der Waals surface area contributed by atoms with Crippen molar-refractivity contribution < 1.29 is 24.2 Å². The lowest BCUT2D eigenvalue weighted by Crippen LogP contribution is -2.42. The lowest BCUT2D eigenvalue weighted by Gasteiger charge is -2.33. The molecule has 0 radical (unpaired) electrons. The lowest BCUT2D eigenvalue weighted by atomic mass is 9.87. The second kappa shape index (κ2) is 11.7. The van der Waals surface area contributed by atoms with Crippen molar-refractivity contribution >= 4 is 17.6 Å². The number of hydrogen-bond donors (Lipinski definition) is 2. The predicted molar refractivity (Wildman–Crippen MR) is 130 cm³/mol. The molecule has 1 aliphatic heterocycles. The van der Waals surface area contributed by atoms with Gasteiger partial charge in [-0.05, 0) is 83.4 Å². The van der Waals surface area contributed by atoms with Gasteiger partial charge in [0.05, 0.1) is 25.1 Å². The minimum absolute atomic E-state index is 0.00508. The Bertz CT molecular complexity index is 854. The monoisotopic (exact) mass is 473 g/mol. The number of aliphatic hydroxyl groups is 1. The third-order valence-corrected chi connectivity index (χ3v) is 6.26. The summed E-state index contributed by atoms with van der Waals surface area (Å²) in [5, 5.41) is 12.0. The molecule has 8 nitrogen and oxygen atoms in total. The van der Waals surface area contributed by atoms with Crippen molar-refractivity contribution in [1.82, 2.24) is 15.2 Å². The molecule has 3 rings (SSSR count). The van der Waals surface area contributed by atoms with Crippen LogP contribution in [0.15, 0.2) is 24.4 Å². The molecular weight excluding hydrogens is 434 g/mol. The summed E-state index contributed by atoms with van der Waals surface area (Å²) in [7, 11) is 0. The fourth-order valence-corrected chi connectivity index (χ4v) is 4.19. The number of carbonyl (C=O) groups is 2. The molecule has 188 valence electrons. The number of amides is 2. The Morgan fingerprint density at radius 3 is 2.53 bits per heavy atom. The van der Waals surface area contributed by atoms with Gasteiger partial charge < -0.3 is 24.8 Å². The van der Waals surface area contributed by atoms with Gasteiger partial charge in [-0.1, -0.05) is 6.08 Å². The maximum absolute atomic E-state index is 12.3. The Labute approximate surface area is 202 Å². The summed E-state index contributed by atoms with van der Waals surface area (Å²) in [6.07, 6.45) is 7.66. The van der Waals surface area contributed by atoms with Crippen LogP contribution >= 0.6 is 0 Å². The van der Waals surface area contributed by atoms with Crippen LogP contribution in [0.25, 0.3) is 5.57 Å². The average molecular weight is 474 g/mol.